The largest absolute Gasteiger partial charge is 0.322 e. The van der Waals surface area contributed by atoms with Crippen molar-refractivity contribution in [3.8, 4) is 0 Å². The van der Waals surface area contributed by atoms with Gasteiger partial charge in [0.2, 0.25) is 5.91 Å². The number of amides is 1. The first-order valence-corrected chi connectivity index (χ1v) is 8.28. The zero-order chi connectivity index (χ0) is 15.5. The molecule has 1 aliphatic rings. The maximum Gasteiger partial charge on any atom is 0.250 e. The Hall–Kier alpha value is -1.73. The minimum atomic E-state index is -0.517. The number of nitrogens with zero attached hydrogens (tertiary/aromatic N) is 2. The molecule has 22 heavy (non-hydrogen) atoms. The molecule has 3 rings (SSSR count). The van der Waals surface area contributed by atoms with Gasteiger partial charge in [0.05, 0.1) is 10.7 Å². The van der Waals surface area contributed by atoms with Gasteiger partial charge in [0.1, 0.15) is 11.9 Å². The van der Waals surface area contributed by atoms with Crippen molar-refractivity contribution in [2.45, 2.75) is 6.04 Å². The van der Waals surface area contributed by atoms with E-state index in [2.05, 4.69) is 31.2 Å². The molecule has 0 radical (unpaired) electrons. The summed E-state index contributed by atoms with van der Waals surface area (Å²) in [5, 5.41) is 3.39. The van der Waals surface area contributed by atoms with Gasteiger partial charge >= 0.3 is 0 Å². The summed E-state index contributed by atoms with van der Waals surface area (Å²) in [6.45, 7) is 0. The number of anilines is 1. The van der Waals surface area contributed by atoms with Crippen molar-refractivity contribution in [3.05, 3.63) is 58.6 Å². The first kappa shape index (κ1) is 15.2. The lowest BCUT2D eigenvalue weighted by atomic mass is 10.2. The summed E-state index contributed by atoms with van der Waals surface area (Å²) in [6.07, 6.45) is 3.37. The van der Waals surface area contributed by atoms with E-state index >= 15 is 0 Å². The highest BCUT2D eigenvalue weighted by Crippen LogP contribution is 2.25. The van der Waals surface area contributed by atoms with Gasteiger partial charge in [0, 0.05) is 28.2 Å². The lowest BCUT2D eigenvalue weighted by Crippen LogP contribution is -2.26. The molecule has 1 unspecified atom stereocenters. The van der Waals surface area contributed by atoms with Crippen molar-refractivity contribution < 1.29 is 9.18 Å². The molecule has 1 aromatic heterocycles. The van der Waals surface area contributed by atoms with Crippen LogP contribution in [-0.4, -0.2) is 27.7 Å². The zero-order valence-electron chi connectivity index (χ0n) is 11.3. The highest BCUT2D eigenvalue weighted by Gasteiger charge is 2.26. The number of nitrogens with one attached hydrogen (secondary N) is 1. The Labute approximate surface area is 139 Å². The minimum Gasteiger partial charge on any atom is -0.322 e. The summed E-state index contributed by atoms with van der Waals surface area (Å²) in [7, 11) is 0. The Morgan fingerprint density at radius 1 is 1.32 bits per heavy atom. The van der Waals surface area contributed by atoms with E-state index in [1.54, 1.807) is 18.5 Å². The molecule has 0 fully saturated rings. The highest BCUT2D eigenvalue weighted by atomic mass is 79.9. The summed E-state index contributed by atoms with van der Waals surface area (Å²) in [4.78, 5) is 20.6. The third-order valence-corrected chi connectivity index (χ3v) is 4.66. The summed E-state index contributed by atoms with van der Waals surface area (Å²) in [6, 6.07) is 7.68. The maximum atomic E-state index is 13.7. The fraction of sp³-hybridized carbons (Fsp3) is 0.133. The monoisotopic (exact) mass is 379 g/mol. The number of carbonyl (C=O) groups excluding carboxylic acids is 1. The second kappa shape index (κ2) is 6.58. The molecule has 1 amide bonds. The molecule has 1 aliphatic heterocycles. The number of halogens is 2. The number of benzene rings is 1. The van der Waals surface area contributed by atoms with E-state index in [1.807, 2.05) is 12.1 Å². The second-order valence-electron chi connectivity index (χ2n) is 4.61. The van der Waals surface area contributed by atoms with Crippen LogP contribution < -0.4 is 5.32 Å². The fourth-order valence-electron chi connectivity index (χ4n) is 1.97. The van der Waals surface area contributed by atoms with Crippen molar-refractivity contribution in [2.75, 3.05) is 11.1 Å². The quantitative estimate of drug-likeness (QED) is 0.887. The van der Waals surface area contributed by atoms with Crippen LogP contribution in [0, 0.1) is 5.82 Å². The van der Waals surface area contributed by atoms with Gasteiger partial charge in [-0.05, 0) is 30.3 Å². The van der Waals surface area contributed by atoms with Crippen LogP contribution in [0.2, 0.25) is 0 Å². The topological polar surface area (TPSA) is 54.4 Å². The van der Waals surface area contributed by atoms with E-state index in [1.165, 1.54) is 23.9 Å². The van der Waals surface area contributed by atoms with Crippen LogP contribution in [0.25, 0.3) is 0 Å². The van der Waals surface area contributed by atoms with Gasteiger partial charge in [-0.2, -0.15) is 0 Å². The summed E-state index contributed by atoms with van der Waals surface area (Å²) in [5.74, 6) is -0.244. The Bertz CT molecular complexity index is 739. The number of pyridine rings is 1. The summed E-state index contributed by atoms with van der Waals surface area (Å²) >= 11 is 4.69. The fourth-order valence-corrected chi connectivity index (χ4v) is 3.35. The van der Waals surface area contributed by atoms with E-state index in [9.17, 15) is 9.18 Å². The van der Waals surface area contributed by atoms with E-state index < -0.39 is 11.9 Å². The number of carbonyl (C=O) groups is 1. The van der Waals surface area contributed by atoms with Crippen molar-refractivity contribution in [1.82, 2.24) is 4.98 Å². The molecular weight excluding hydrogens is 369 g/mol. The number of aromatic nitrogens is 1. The predicted octanol–water partition coefficient (Wildman–Crippen LogP) is 3.48. The molecule has 0 saturated heterocycles. The average Bonchev–Trinajstić information content (AvgIpc) is 3.01. The van der Waals surface area contributed by atoms with Gasteiger partial charge in [0.25, 0.3) is 0 Å². The molecule has 1 atom stereocenters. The Kier molecular flexibility index (Phi) is 4.54. The van der Waals surface area contributed by atoms with E-state index in [-0.39, 0.29) is 11.6 Å². The number of hydrogen-bond donors (Lipinski definition) is 1. The second-order valence-corrected chi connectivity index (χ2v) is 6.53. The molecule has 0 spiro atoms. The molecule has 0 saturated carbocycles. The molecule has 1 aromatic carbocycles. The van der Waals surface area contributed by atoms with Crippen molar-refractivity contribution >= 4 is 44.3 Å². The average molecular weight is 380 g/mol. The van der Waals surface area contributed by atoms with Crippen LogP contribution in [-0.2, 0) is 4.79 Å². The van der Waals surface area contributed by atoms with Crippen LogP contribution in [0.3, 0.4) is 0 Å². The molecule has 112 valence electrons. The predicted molar refractivity (Wildman–Crippen MR) is 89.7 cm³/mol. The summed E-state index contributed by atoms with van der Waals surface area (Å²) in [5.41, 5.74) is 1.09. The SMILES string of the molecule is O=C(Nc1ccc(Br)cc1F)C1CSC(c2ccncc2)=N1. The first-order chi connectivity index (χ1) is 10.6. The molecule has 2 aromatic rings. The van der Waals surface area contributed by atoms with Gasteiger partial charge < -0.3 is 5.32 Å². The van der Waals surface area contributed by atoms with Gasteiger partial charge in [-0.25, -0.2) is 4.39 Å². The smallest absolute Gasteiger partial charge is 0.250 e. The van der Waals surface area contributed by atoms with Gasteiger partial charge in [0.15, 0.2) is 0 Å². The molecular formula is C15H11BrFN3OS. The molecule has 0 bridgehead atoms. The van der Waals surface area contributed by atoms with E-state index in [0.29, 0.717) is 10.2 Å². The normalized spacial score (nSPS) is 17.2. The van der Waals surface area contributed by atoms with Crippen LogP contribution >= 0.6 is 27.7 Å². The van der Waals surface area contributed by atoms with Crippen molar-refractivity contribution in [2.24, 2.45) is 4.99 Å². The van der Waals surface area contributed by atoms with Crippen LogP contribution in [0.1, 0.15) is 5.56 Å². The maximum absolute atomic E-state index is 13.7. The van der Waals surface area contributed by atoms with Crippen LogP contribution in [0.4, 0.5) is 10.1 Å². The number of thioether (sulfide) groups is 1. The number of aliphatic imine (C=N–C) groups is 1. The van der Waals surface area contributed by atoms with Gasteiger partial charge in [-0.3, -0.25) is 14.8 Å². The van der Waals surface area contributed by atoms with Crippen LogP contribution in [0.5, 0.6) is 0 Å². The van der Waals surface area contributed by atoms with Crippen molar-refractivity contribution in [1.29, 1.82) is 0 Å². The van der Waals surface area contributed by atoms with E-state index in [0.717, 1.165) is 10.6 Å². The standard InChI is InChI=1S/C15H11BrFN3OS/c16-10-1-2-12(11(17)7-10)19-14(21)13-8-22-15(20-13)9-3-5-18-6-4-9/h1-7,13H,8H2,(H,19,21). The number of rotatable bonds is 3. The third kappa shape index (κ3) is 3.36. The van der Waals surface area contributed by atoms with Crippen molar-refractivity contribution in [3.63, 3.8) is 0 Å². The molecule has 1 N–H and O–H groups in total. The molecule has 7 heteroatoms. The minimum absolute atomic E-state index is 0.158. The van der Waals surface area contributed by atoms with Crippen LogP contribution in [0.15, 0.2) is 52.2 Å². The third-order valence-electron chi connectivity index (χ3n) is 3.07. The summed E-state index contributed by atoms with van der Waals surface area (Å²) < 4.78 is 14.4. The van der Waals surface area contributed by atoms with Gasteiger partial charge in [-0.1, -0.05) is 15.9 Å². The molecule has 0 aliphatic carbocycles. The Balaban J connectivity index is 1.72. The lowest BCUT2D eigenvalue weighted by molar-refractivity contribution is -0.116. The first-order valence-electron chi connectivity index (χ1n) is 6.50. The Morgan fingerprint density at radius 3 is 2.82 bits per heavy atom. The van der Waals surface area contributed by atoms with E-state index in [4.69, 9.17) is 0 Å². The molecule has 4 nitrogen and oxygen atoms in total. The zero-order valence-corrected chi connectivity index (χ0v) is 13.7. The lowest BCUT2D eigenvalue weighted by Gasteiger charge is -2.09. The molecule has 2 heterocycles. The van der Waals surface area contributed by atoms with Gasteiger partial charge in [-0.15, -0.1) is 11.8 Å². The Morgan fingerprint density at radius 2 is 2.09 bits per heavy atom. The highest BCUT2D eigenvalue weighted by molar-refractivity contribution is 9.10. The number of hydrogen-bond acceptors (Lipinski definition) is 4.